The monoisotopic (exact) mass is 382 g/mol. The van der Waals surface area contributed by atoms with Crippen LogP contribution in [0.25, 0.3) is 0 Å². The summed E-state index contributed by atoms with van der Waals surface area (Å²) in [4.78, 5) is 14.4. The molecule has 2 N–H and O–H groups in total. The Bertz CT molecular complexity index is 848. The Morgan fingerprint density at radius 2 is 2.00 bits per heavy atom. The maximum absolute atomic E-state index is 12.3. The van der Waals surface area contributed by atoms with Crippen molar-refractivity contribution in [2.45, 2.75) is 12.1 Å². The van der Waals surface area contributed by atoms with Gasteiger partial charge in [0.05, 0.1) is 11.3 Å². The summed E-state index contributed by atoms with van der Waals surface area (Å²) in [6, 6.07) is 4.75. The minimum Gasteiger partial charge on any atom is -0.476 e. The zero-order chi connectivity index (χ0) is 18.0. The summed E-state index contributed by atoms with van der Waals surface area (Å²) >= 11 is 0.736. The van der Waals surface area contributed by atoms with E-state index in [1.807, 2.05) is 4.72 Å². The van der Waals surface area contributed by atoms with Crippen LogP contribution in [-0.4, -0.2) is 30.8 Å². The maximum atomic E-state index is 12.3. The van der Waals surface area contributed by atoms with Crippen molar-refractivity contribution < 1.29 is 36.2 Å². The minimum absolute atomic E-state index is 0.233. The van der Waals surface area contributed by atoms with Crippen molar-refractivity contribution >= 4 is 32.3 Å². The molecule has 1 heterocycles. The molecule has 12 heteroatoms. The molecule has 2 aromatic rings. The van der Waals surface area contributed by atoms with Crippen LogP contribution in [0.1, 0.15) is 16.1 Å². The average molecular weight is 382 g/mol. The quantitative estimate of drug-likeness (QED) is 0.796. The molecule has 0 fully saturated rings. The number of para-hydroxylation sites is 1. The van der Waals surface area contributed by atoms with E-state index in [-0.39, 0.29) is 10.6 Å². The van der Waals surface area contributed by atoms with Gasteiger partial charge in [0, 0.05) is 5.56 Å². The molecule has 7 nitrogen and oxygen atoms in total. The molecule has 0 atom stereocenters. The topological polar surface area (TPSA) is 106 Å². The van der Waals surface area contributed by atoms with Crippen molar-refractivity contribution in [2.75, 3.05) is 4.72 Å². The third-order valence-electron chi connectivity index (χ3n) is 2.56. The second-order valence-corrected chi connectivity index (χ2v) is 6.93. The van der Waals surface area contributed by atoms with Crippen LogP contribution in [0.3, 0.4) is 0 Å². The first kappa shape index (κ1) is 18.0. The second kappa shape index (κ2) is 6.65. The highest BCUT2D eigenvalue weighted by Gasteiger charge is 2.32. The Morgan fingerprint density at radius 1 is 1.33 bits per heavy atom. The lowest BCUT2D eigenvalue weighted by atomic mass is 10.2. The zero-order valence-electron chi connectivity index (χ0n) is 11.6. The molecular formula is C12H9F3N2O5S2. The molecule has 0 aliphatic rings. The second-order valence-electron chi connectivity index (χ2n) is 4.35. The van der Waals surface area contributed by atoms with Gasteiger partial charge in [-0.25, -0.2) is 18.2 Å². The number of aromatic carboxylic acids is 1. The van der Waals surface area contributed by atoms with Gasteiger partial charge >= 0.3 is 12.3 Å². The van der Waals surface area contributed by atoms with E-state index in [0.29, 0.717) is 0 Å². The maximum Gasteiger partial charge on any atom is 0.573 e. The number of ether oxygens (including phenoxy) is 1. The van der Waals surface area contributed by atoms with Crippen LogP contribution in [0.4, 0.5) is 18.2 Å². The average Bonchev–Trinajstić information content (AvgIpc) is 2.86. The van der Waals surface area contributed by atoms with Gasteiger partial charge in [-0.1, -0.05) is 18.2 Å². The summed E-state index contributed by atoms with van der Waals surface area (Å²) in [5.74, 6) is -2.93. The number of carbonyl (C=O) groups is 1. The van der Waals surface area contributed by atoms with E-state index in [0.717, 1.165) is 29.0 Å². The van der Waals surface area contributed by atoms with Gasteiger partial charge in [0.25, 0.3) is 0 Å². The number of alkyl halides is 3. The number of anilines is 1. The number of rotatable bonds is 6. The van der Waals surface area contributed by atoms with Crippen molar-refractivity contribution in [2.24, 2.45) is 0 Å². The molecular weight excluding hydrogens is 373 g/mol. The number of hydrogen-bond donors (Lipinski definition) is 2. The van der Waals surface area contributed by atoms with Gasteiger partial charge in [0.15, 0.2) is 5.69 Å². The molecule has 24 heavy (non-hydrogen) atoms. The molecule has 0 aliphatic carbocycles. The van der Waals surface area contributed by atoms with Gasteiger partial charge in [-0.2, -0.15) is 0 Å². The van der Waals surface area contributed by atoms with E-state index in [9.17, 15) is 26.4 Å². The number of benzene rings is 1. The summed E-state index contributed by atoms with van der Waals surface area (Å²) in [6.45, 7) is 0. The molecule has 0 unspecified atom stereocenters. The third-order valence-corrected chi connectivity index (χ3v) is 4.64. The number of carboxylic acid groups (broad SMARTS) is 1. The number of nitrogens with one attached hydrogen (secondary N) is 1. The van der Waals surface area contributed by atoms with Crippen molar-refractivity contribution in [1.29, 1.82) is 0 Å². The summed E-state index contributed by atoms with van der Waals surface area (Å²) in [5.41, 5.74) is 0.397. The highest BCUT2D eigenvalue weighted by atomic mass is 32.2. The van der Waals surface area contributed by atoms with Gasteiger partial charge in [-0.05, 0) is 6.07 Å². The predicted molar refractivity (Wildman–Crippen MR) is 78.4 cm³/mol. The van der Waals surface area contributed by atoms with E-state index in [1.54, 1.807) is 0 Å². The smallest absolute Gasteiger partial charge is 0.476 e. The molecule has 1 aromatic carbocycles. The number of thiazole rings is 1. The summed E-state index contributed by atoms with van der Waals surface area (Å²) in [6.07, 6.45) is -4.97. The molecule has 0 aliphatic heterocycles. The first-order valence-electron chi connectivity index (χ1n) is 6.08. The first-order valence-corrected chi connectivity index (χ1v) is 8.61. The fourth-order valence-corrected chi connectivity index (χ4v) is 3.89. The normalized spacial score (nSPS) is 12.0. The van der Waals surface area contributed by atoms with E-state index in [2.05, 4.69) is 9.72 Å². The van der Waals surface area contributed by atoms with E-state index >= 15 is 0 Å². The number of nitrogens with zero attached hydrogens (tertiary/aromatic N) is 1. The lowest BCUT2D eigenvalue weighted by molar-refractivity contribution is -0.274. The zero-order valence-corrected chi connectivity index (χ0v) is 13.2. The number of halogens is 3. The van der Waals surface area contributed by atoms with E-state index < -0.39 is 39.6 Å². The summed E-state index contributed by atoms with van der Waals surface area (Å²) < 4.78 is 67.0. The largest absolute Gasteiger partial charge is 0.573 e. The number of carboxylic acids is 1. The van der Waals surface area contributed by atoms with Gasteiger partial charge in [-0.3, -0.25) is 4.72 Å². The van der Waals surface area contributed by atoms with Crippen molar-refractivity contribution in [3.8, 4) is 5.75 Å². The lowest BCUT2D eigenvalue weighted by Crippen LogP contribution is -2.20. The fourth-order valence-electron chi connectivity index (χ4n) is 1.70. The Hall–Kier alpha value is -2.34. The van der Waals surface area contributed by atoms with Crippen LogP contribution >= 0.6 is 11.3 Å². The third kappa shape index (κ3) is 4.83. The van der Waals surface area contributed by atoms with E-state index in [4.69, 9.17) is 5.11 Å². The number of sulfonamides is 1. The van der Waals surface area contributed by atoms with Crippen LogP contribution in [0, 0.1) is 0 Å². The molecule has 0 amide bonds. The van der Waals surface area contributed by atoms with Crippen LogP contribution in [-0.2, 0) is 15.8 Å². The SMILES string of the molecule is O=C(O)c1ncsc1NS(=O)(=O)Cc1ccccc1OC(F)(F)F. The Balaban J connectivity index is 2.24. The molecule has 0 saturated heterocycles. The van der Waals surface area contributed by atoms with Gasteiger partial charge in [0.2, 0.25) is 10.0 Å². The predicted octanol–water partition coefficient (Wildman–Crippen LogP) is 2.68. The molecule has 0 saturated carbocycles. The highest BCUT2D eigenvalue weighted by molar-refractivity contribution is 7.92. The first-order chi connectivity index (χ1) is 11.1. The molecule has 2 rings (SSSR count). The van der Waals surface area contributed by atoms with Crippen LogP contribution in [0.5, 0.6) is 5.75 Å². The Kier molecular flexibility index (Phi) is 4.99. The number of aromatic nitrogens is 1. The van der Waals surface area contributed by atoms with Gasteiger partial charge < -0.3 is 9.84 Å². The van der Waals surface area contributed by atoms with Crippen molar-refractivity contribution in [3.63, 3.8) is 0 Å². The number of hydrogen-bond acceptors (Lipinski definition) is 6. The van der Waals surface area contributed by atoms with E-state index in [1.165, 1.54) is 12.1 Å². The van der Waals surface area contributed by atoms with Crippen LogP contribution in [0.2, 0.25) is 0 Å². The summed E-state index contributed by atoms with van der Waals surface area (Å²) in [5, 5.41) is 8.64. The fraction of sp³-hybridized carbons (Fsp3) is 0.167. The Labute approximate surface area is 137 Å². The molecule has 0 spiro atoms. The lowest BCUT2D eigenvalue weighted by Gasteiger charge is -2.13. The standard InChI is InChI=1S/C12H9F3N2O5S2/c13-12(14,15)22-8-4-2-1-3-7(8)5-24(20,21)17-10-9(11(18)19)16-6-23-10/h1-4,6,17H,5H2,(H,18,19). The molecule has 0 radical (unpaired) electrons. The molecule has 0 bridgehead atoms. The van der Waals surface area contributed by atoms with Crippen LogP contribution < -0.4 is 9.46 Å². The minimum atomic E-state index is -4.97. The van der Waals surface area contributed by atoms with Crippen molar-refractivity contribution in [1.82, 2.24) is 4.98 Å². The van der Waals surface area contributed by atoms with Crippen molar-refractivity contribution in [3.05, 3.63) is 41.0 Å². The van der Waals surface area contributed by atoms with Gasteiger partial charge in [0.1, 0.15) is 10.8 Å². The van der Waals surface area contributed by atoms with Crippen LogP contribution in [0.15, 0.2) is 29.8 Å². The summed E-state index contributed by atoms with van der Waals surface area (Å²) in [7, 11) is -4.18. The highest BCUT2D eigenvalue weighted by Crippen LogP contribution is 2.28. The molecule has 130 valence electrons. The Morgan fingerprint density at radius 3 is 2.62 bits per heavy atom. The van der Waals surface area contributed by atoms with Gasteiger partial charge in [-0.15, -0.1) is 24.5 Å². The molecule has 1 aromatic heterocycles.